The van der Waals surface area contributed by atoms with Crippen LogP contribution in [-0.2, 0) is 0 Å². The Morgan fingerprint density at radius 3 is 2.56 bits per heavy atom. The lowest BCUT2D eigenvalue weighted by molar-refractivity contribution is 0.0940. The van der Waals surface area contributed by atoms with Gasteiger partial charge in [0.25, 0.3) is 5.91 Å². The third-order valence-corrected chi connectivity index (χ3v) is 4.16. The van der Waals surface area contributed by atoms with Gasteiger partial charge in [-0.25, -0.2) is 4.98 Å². The first kappa shape index (κ1) is 15.1. The number of carbonyl (C=O) groups is 1. The Kier molecular flexibility index (Phi) is 3.57. The van der Waals surface area contributed by atoms with Gasteiger partial charge in [-0.3, -0.25) is 9.59 Å². The van der Waals surface area contributed by atoms with E-state index >= 15 is 0 Å². The molecule has 2 aromatic heterocycles. The molecular weight excluding hydrogens is 316 g/mol. The number of aromatic amines is 2. The summed E-state index contributed by atoms with van der Waals surface area (Å²) in [4.78, 5) is 35.0. The molecule has 0 unspecified atom stereocenters. The van der Waals surface area contributed by atoms with Gasteiger partial charge in [-0.15, -0.1) is 0 Å². The van der Waals surface area contributed by atoms with Crippen LogP contribution in [0.4, 0.5) is 0 Å². The predicted molar refractivity (Wildman–Crippen MR) is 96.5 cm³/mol. The van der Waals surface area contributed by atoms with Gasteiger partial charge in [0.2, 0.25) is 5.56 Å². The molecule has 0 bridgehead atoms. The van der Waals surface area contributed by atoms with Crippen LogP contribution >= 0.6 is 0 Å². The Labute approximate surface area is 142 Å². The standard InChI is InChI=1S/C19H16N4O2/c1-11(18-22-15-8-4-5-9-16(15)23-18)20-19(25)13-10-17(24)21-14-7-3-2-6-12(13)14/h2-11H,1H3,(H,20,25)(H,21,24)(H,22,23)/t11-/m0/s1. The van der Waals surface area contributed by atoms with Gasteiger partial charge in [-0.1, -0.05) is 30.3 Å². The summed E-state index contributed by atoms with van der Waals surface area (Å²) < 4.78 is 0. The minimum Gasteiger partial charge on any atom is -0.342 e. The van der Waals surface area contributed by atoms with Gasteiger partial charge in [0.1, 0.15) is 5.82 Å². The first-order chi connectivity index (χ1) is 12.1. The lowest BCUT2D eigenvalue weighted by Gasteiger charge is -2.12. The zero-order valence-electron chi connectivity index (χ0n) is 13.5. The average Bonchev–Trinajstić information content (AvgIpc) is 3.05. The molecule has 0 aliphatic rings. The van der Waals surface area contributed by atoms with Gasteiger partial charge in [0.05, 0.1) is 22.6 Å². The largest absolute Gasteiger partial charge is 0.342 e. The van der Waals surface area contributed by atoms with Crippen molar-refractivity contribution < 1.29 is 4.79 Å². The summed E-state index contributed by atoms with van der Waals surface area (Å²) in [6, 6.07) is 15.9. The summed E-state index contributed by atoms with van der Waals surface area (Å²) in [5.74, 6) is 0.360. The van der Waals surface area contributed by atoms with Crippen molar-refractivity contribution in [1.29, 1.82) is 0 Å². The van der Waals surface area contributed by atoms with Crippen LogP contribution in [0.1, 0.15) is 29.1 Å². The number of hydrogen-bond donors (Lipinski definition) is 3. The van der Waals surface area contributed by atoms with Crippen molar-refractivity contribution in [2.45, 2.75) is 13.0 Å². The number of nitrogens with one attached hydrogen (secondary N) is 3. The Morgan fingerprint density at radius 1 is 1.04 bits per heavy atom. The molecule has 2 aromatic carbocycles. The van der Waals surface area contributed by atoms with Crippen LogP contribution in [0.5, 0.6) is 0 Å². The first-order valence-electron chi connectivity index (χ1n) is 7.99. The van der Waals surface area contributed by atoms with E-state index in [0.29, 0.717) is 22.3 Å². The second-order valence-corrected chi connectivity index (χ2v) is 5.93. The van der Waals surface area contributed by atoms with Crippen LogP contribution < -0.4 is 10.9 Å². The summed E-state index contributed by atoms with van der Waals surface area (Å²) in [6.45, 7) is 1.85. The maximum atomic E-state index is 12.7. The molecule has 2 heterocycles. The summed E-state index contributed by atoms with van der Waals surface area (Å²) in [7, 11) is 0. The molecule has 124 valence electrons. The smallest absolute Gasteiger partial charge is 0.252 e. The molecular formula is C19H16N4O2. The summed E-state index contributed by atoms with van der Waals surface area (Å²) in [5.41, 5.74) is 2.44. The molecule has 6 heteroatoms. The highest BCUT2D eigenvalue weighted by Gasteiger charge is 2.17. The SMILES string of the molecule is C[C@H](NC(=O)c1cc(=O)[nH]c2ccccc12)c1nc2ccccc2[nH]1. The fourth-order valence-electron chi connectivity index (χ4n) is 2.91. The van der Waals surface area contributed by atoms with Crippen molar-refractivity contribution in [3.63, 3.8) is 0 Å². The molecule has 4 aromatic rings. The normalized spacial score (nSPS) is 12.4. The third kappa shape index (κ3) is 2.78. The topological polar surface area (TPSA) is 90.6 Å². The van der Waals surface area contributed by atoms with E-state index in [1.54, 1.807) is 6.07 Å². The lowest BCUT2D eigenvalue weighted by atomic mass is 10.1. The van der Waals surface area contributed by atoms with E-state index in [2.05, 4.69) is 20.3 Å². The van der Waals surface area contributed by atoms with E-state index in [-0.39, 0.29) is 17.5 Å². The number of carbonyl (C=O) groups excluding carboxylic acids is 1. The molecule has 0 radical (unpaired) electrons. The third-order valence-electron chi connectivity index (χ3n) is 4.16. The molecule has 1 atom stereocenters. The van der Waals surface area contributed by atoms with Gasteiger partial charge < -0.3 is 15.3 Å². The summed E-state index contributed by atoms with van der Waals surface area (Å²) in [5, 5.41) is 3.61. The highest BCUT2D eigenvalue weighted by atomic mass is 16.2. The van der Waals surface area contributed by atoms with Crippen molar-refractivity contribution >= 4 is 27.8 Å². The van der Waals surface area contributed by atoms with Crippen molar-refractivity contribution in [2.75, 3.05) is 0 Å². The number of hydrogen-bond acceptors (Lipinski definition) is 3. The van der Waals surface area contributed by atoms with E-state index < -0.39 is 0 Å². The summed E-state index contributed by atoms with van der Waals surface area (Å²) in [6.07, 6.45) is 0. The number of para-hydroxylation sites is 3. The van der Waals surface area contributed by atoms with Crippen molar-refractivity contribution in [1.82, 2.24) is 20.3 Å². The van der Waals surface area contributed by atoms with Crippen molar-refractivity contribution in [3.05, 3.63) is 76.3 Å². The van der Waals surface area contributed by atoms with Crippen LogP contribution in [-0.4, -0.2) is 20.9 Å². The maximum Gasteiger partial charge on any atom is 0.252 e. The lowest BCUT2D eigenvalue weighted by Crippen LogP contribution is -2.28. The average molecular weight is 332 g/mol. The fraction of sp³-hybridized carbons (Fsp3) is 0.105. The minimum absolute atomic E-state index is 0.305. The number of amides is 1. The van der Waals surface area contributed by atoms with Crippen LogP contribution in [0.25, 0.3) is 21.9 Å². The zero-order chi connectivity index (χ0) is 17.4. The van der Waals surface area contributed by atoms with Crippen LogP contribution in [0, 0.1) is 0 Å². The second kappa shape index (κ2) is 5.90. The van der Waals surface area contributed by atoms with Crippen molar-refractivity contribution in [3.8, 4) is 0 Å². The van der Waals surface area contributed by atoms with Gasteiger partial charge in [0, 0.05) is 17.0 Å². The number of imidazole rings is 1. The van der Waals surface area contributed by atoms with E-state index in [4.69, 9.17) is 0 Å². The van der Waals surface area contributed by atoms with Crippen LogP contribution in [0.15, 0.2) is 59.4 Å². The van der Waals surface area contributed by atoms with Gasteiger partial charge in [0.15, 0.2) is 0 Å². The molecule has 0 spiro atoms. The molecule has 4 rings (SSSR count). The molecule has 0 aliphatic carbocycles. The number of pyridine rings is 1. The Morgan fingerprint density at radius 2 is 1.76 bits per heavy atom. The van der Waals surface area contributed by atoms with E-state index in [1.165, 1.54) is 6.07 Å². The number of aromatic nitrogens is 3. The monoisotopic (exact) mass is 332 g/mol. The number of H-pyrrole nitrogens is 2. The van der Waals surface area contributed by atoms with E-state index in [1.807, 2.05) is 49.4 Å². The number of benzene rings is 2. The quantitative estimate of drug-likeness (QED) is 0.539. The number of rotatable bonds is 3. The molecule has 0 saturated carbocycles. The number of nitrogens with zero attached hydrogens (tertiary/aromatic N) is 1. The Hall–Kier alpha value is -3.41. The predicted octanol–water partition coefficient (Wildman–Crippen LogP) is 2.90. The van der Waals surface area contributed by atoms with Gasteiger partial charge in [-0.05, 0) is 25.1 Å². The van der Waals surface area contributed by atoms with Crippen LogP contribution in [0.3, 0.4) is 0 Å². The van der Waals surface area contributed by atoms with E-state index in [0.717, 1.165) is 11.0 Å². The fourth-order valence-corrected chi connectivity index (χ4v) is 2.91. The highest BCUT2D eigenvalue weighted by molar-refractivity contribution is 6.06. The second-order valence-electron chi connectivity index (χ2n) is 5.93. The first-order valence-corrected chi connectivity index (χ1v) is 7.99. The molecule has 1 amide bonds. The van der Waals surface area contributed by atoms with Gasteiger partial charge >= 0.3 is 0 Å². The molecule has 25 heavy (non-hydrogen) atoms. The molecule has 0 saturated heterocycles. The number of fused-ring (bicyclic) bond motifs is 2. The molecule has 0 aliphatic heterocycles. The van der Waals surface area contributed by atoms with Crippen molar-refractivity contribution in [2.24, 2.45) is 0 Å². The summed E-state index contributed by atoms with van der Waals surface area (Å²) >= 11 is 0. The maximum absolute atomic E-state index is 12.7. The van der Waals surface area contributed by atoms with Gasteiger partial charge in [-0.2, -0.15) is 0 Å². The Bertz CT molecular complexity index is 1110. The zero-order valence-corrected chi connectivity index (χ0v) is 13.5. The minimum atomic E-state index is -0.321. The van der Waals surface area contributed by atoms with E-state index in [9.17, 15) is 9.59 Å². The Balaban J connectivity index is 1.66. The molecule has 0 fully saturated rings. The highest BCUT2D eigenvalue weighted by Crippen LogP contribution is 2.18. The molecule has 6 nitrogen and oxygen atoms in total. The van der Waals surface area contributed by atoms with Crippen LogP contribution in [0.2, 0.25) is 0 Å². The molecule has 3 N–H and O–H groups in total.